The Morgan fingerprint density at radius 1 is 1.07 bits per heavy atom. The van der Waals surface area contributed by atoms with Crippen molar-refractivity contribution in [2.24, 2.45) is 0 Å². The van der Waals surface area contributed by atoms with Crippen molar-refractivity contribution in [2.45, 2.75) is 25.4 Å². The van der Waals surface area contributed by atoms with Crippen molar-refractivity contribution in [1.29, 1.82) is 0 Å². The van der Waals surface area contributed by atoms with Crippen LogP contribution in [0.25, 0.3) is 21.3 Å². The molecule has 1 aliphatic heterocycles. The number of nitrogens with one attached hydrogen (secondary N) is 1. The molecule has 148 valence electrons. The number of rotatable bonds is 5. The quantitative estimate of drug-likeness (QED) is 0.440. The molecule has 8 heteroatoms. The molecule has 1 N–H and O–H groups in total. The summed E-state index contributed by atoms with van der Waals surface area (Å²) < 4.78 is 0. The van der Waals surface area contributed by atoms with Gasteiger partial charge in [0, 0.05) is 47.0 Å². The molecule has 0 radical (unpaired) electrons. The van der Waals surface area contributed by atoms with Gasteiger partial charge in [-0.25, -0.2) is 15.0 Å². The minimum atomic E-state index is 0.415. The van der Waals surface area contributed by atoms with E-state index in [4.69, 9.17) is 11.6 Å². The van der Waals surface area contributed by atoms with E-state index in [1.54, 1.807) is 29.0 Å². The fraction of sp³-hybridized carbons (Fsp3) is 0.286. The first-order chi connectivity index (χ1) is 14.3. The summed E-state index contributed by atoms with van der Waals surface area (Å²) in [4.78, 5) is 17.0. The Morgan fingerprint density at radius 2 is 1.90 bits per heavy atom. The second-order valence-corrected chi connectivity index (χ2v) is 9.25. The maximum Gasteiger partial charge on any atom is 0.139 e. The Kier molecular flexibility index (Phi) is 5.46. The molecule has 1 aromatic carbocycles. The Bertz CT molecular complexity index is 1090. The highest BCUT2D eigenvalue weighted by Crippen LogP contribution is 2.37. The first kappa shape index (κ1) is 18.9. The summed E-state index contributed by atoms with van der Waals surface area (Å²) in [6.45, 7) is 3.08. The fourth-order valence-electron chi connectivity index (χ4n) is 3.80. The number of benzene rings is 1. The number of thiazole rings is 1. The zero-order valence-corrected chi connectivity index (χ0v) is 18.1. The van der Waals surface area contributed by atoms with Gasteiger partial charge in [0.1, 0.15) is 17.0 Å². The number of likely N-dealkylation sites (tertiary alicyclic amines) is 1. The van der Waals surface area contributed by atoms with Gasteiger partial charge in [-0.2, -0.15) is 0 Å². The molecular formula is C21H20ClN5S2. The maximum absolute atomic E-state index is 6.07. The molecule has 5 nitrogen and oxygen atoms in total. The van der Waals surface area contributed by atoms with E-state index in [2.05, 4.69) is 48.1 Å². The van der Waals surface area contributed by atoms with Gasteiger partial charge in [0.05, 0.1) is 16.6 Å². The topological polar surface area (TPSA) is 53.9 Å². The van der Waals surface area contributed by atoms with E-state index < -0.39 is 0 Å². The van der Waals surface area contributed by atoms with Crippen LogP contribution in [0.1, 0.15) is 18.5 Å². The molecule has 4 heterocycles. The molecule has 29 heavy (non-hydrogen) atoms. The fourth-order valence-corrected chi connectivity index (χ4v) is 5.39. The normalized spacial score (nSPS) is 15.8. The van der Waals surface area contributed by atoms with Crippen LogP contribution < -0.4 is 5.32 Å². The van der Waals surface area contributed by atoms with Crippen LogP contribution in [-0.4, -0.2) is 39.0 Å². The Balaban J connectivity index is 1.33. The highest BCUT2D eigenvalue weighted by molar-refractivity contribution is 7.17. The minimum Gasteiger partial charge on any atom is -0.367 e. The molecule has 0 amide bonds. The molecule has 3 aromatic heterocycles. The smallest absolute Gasteiger partial charge is 0.139 e. The molecule has 0 atom stereocenters. The van der Waals surface area contributed by atoms with E-state index in [1.165, 1.54) is 5.69 Å². The Morgan fingerprint density at radius 3 is 2.66 bits per heavy atom. The van der Waals surface area contributed by atoms with Crippen LogP contribution in [-0.2, 0) is 6.54 Å². The van der Waals surface area contributed by atoms with E-state index in [9.17, 15) is 0 Å². The SMILES string of the molecule is Clc1ccc(-c2csc3ncnc(NC4CCN(Cc5cscn5)CC4)c23)cc1. The lowest BCUT2D eigenvalue weighted by Gasteiger charge is -2.32. The third-order valence-electron chi connectivity index (χ3n) is 5.32. The third kappa shape index (κ3) is 4.14. The number of halogens is 1. The Hall–Kier alpha value is -2.06. The molecule has 1 aliphatic rings. The molecule has 0 saturated carbocycles. The van der Waals surface area contributed by atoms with Crippen molar-refractivity contribution in [2.75, 3.05) is 18.4 Å². The van der Waals surface area contributed by atoms with Crippen molar-refractivity contribution in [1.82, 2.24) is 19.9 Å². The second-order valence-electron chi connectivity index (χ2n) is 7.23. The van der Waals surface area contributed by atoms with E-state index >= 15 is 0 Å². The number of piperidine rings is 1. The van der Waals surface area contributed by atoms with Crippen molar-refractivity contribution in [3.8, 4) is 11.1 Å². The number of thiophene rings is 1. The minimum absolute atomic E-state index is 0.415. The molecule has 1 saturated heterocycles. The highest BCUT2D eigenvalue weighted by atomic mass is 35.5. The molecule has 0 unspecified atom stereocenters. The van der Waals surface area contributed by atoms with Gasteiger partial charge in [0.15, 0.2) is 0 Å². The predicted octanol–water partition coefficient (Wildman–Crippen LogP) is 5.54. The molecule has 0 bridgehead atoms. The summed E-state index contributed by atoms with van der Waals surface area (Å²) in [6.07, 6.45) is 3.84. The molecular weight excluding hydrogens is 422 g/mol. The Labute approximate surface area is 182 Å². The number of aromatic nitrogens is 3. The van der Waals surface area contributed by atoms with Crippen LogP contribution in [0.15, 0.2) is 46.9 Å². The van der Waals surface area contributed by atoms with Crippen LogP contribution in [0, 0.1) is 0 Å². The van der Waals surface area contributed by atoms with E-state index in [0.29, 0.717) is 6.04 Å². The van der Waals surface area contributed by atoms with Gasteiger partial charge in [0.25, 0.3) is 0 Å². The molecule has 4 aromatic rings. The number of hydrogen-bond acceptors (Lipinski definition) is 7. The number of nitrogens with zero attached hydrogens (tertiary/aromatic N) is 4. The lowest BCUT2D eigenvalue weighted by molar-refractivity contribution is 0.209. The molecule has 0 aliphatic carbocycles. The highest BCUT2D eigenvalue weighted by Gasteiger charge is 2.22. The summed E-state index contributed by atoms with van der Waals surface area (Å²) in [5.41, 5.74) is 5.37. The number of hydrogen-bond donors (Lipinski definition) is 1. The van der Waals surface area contributed by atoms with Crippen LogP contribution in [0.3, 0.4) is 0 Å². The average Bonchev–Trinajstić information content (AvgIpc) is 3.41. The standard InChI is InChI=1S/C21H20ClN5S2/c22-15-3-1-14(2-4-15)18-11-29-21-19(18)20(23-12-24-21)26-16-5-7-27(8-6-16)9-17-10-28-13-25-17/h1-4,10-13,16H,5-9H2,(H,23,24,26). The van der Waals surface area contributed by atoms with Crippen molar-refractivity contribution < 1.29 is 0 Å². The van der Waals surface area contributed by atoms with Gasteiger partial charge in [-0.1, -0.05) is 23.7 Å². The van der Waals surface area contributed by atoms with Crippen LogP contribution >= 0.6 is 34.3 Å². The molecule has 1 fully saturated rings. The van der Waals surface area contributed by atoms with Gasteiger partial charge in [-0.05, 0) is 30.5 Å². The lowest BCUT2D eigenvalue weighted by atomic mass is 10.0. The van der Waals surface area contributed by atoms with Gasteiger partial charge < -0.3 is 5.32 Å². The summed E-state index contributed by atoms with van der Waals surface area (Å²) >= 11 is 9.38. The van der Waals surface area contributed by atoms with Crippen molar-refractivity contribution in [3.05, 3.63) is 57.6 Å². The van der Waals surface area contributed by atoms with Crippen LogP contribution in [0.5, 0.6) is 0 Å². The molecule has 0 spiro atoms. The van der Waals surface area contributed by atoms with Crippen molar-refractivity contribution in [3.63, 3.8) is 0 Å². The zero-order chi connectivity index (χ0) is 19.6. The largest absolute Gasteiger partial charge is 0.367 e. The lowest BCUT2D eigenvalue weighted by Crippen LogP contribution is -2.38. The van der Waals surface area contributed by atoms with E-state index in [1.807, 2.05) is 17.6 Å². The summed E-state index contributed by atoms with van der Waals surface area (Å²) in [5.74, 6) is 0.930. The van der Waals surface area contributed by atoms with Gasteiger partial charge in [-0.15, -0.1) is 22.7 Å². The van der Waals surface area contributed by atoms with E-state index in [-0.39, 0.29) is 0 Å². The van der Waals surface area contributed by atoms with E-state index in [0.717, 1.165) is 64.7 Å². The second kappa shape index (κ2) is 8.36. The molecule has 5 rings (SSSR count). The third-order valence-corrected chi connectivity index (χ3v) is 7.10. The zero-order valence-electron chi connectivity index (χ0n) is 15.7. The monoisotopic (exact) mass is 441 g/mol. The van der Waals surface area contributed by atoms with Gasteiger partial charge in [-0.3, -0.25) is 4.90 Å². The van der Waals surface area contributed by atoms with Crippen LogP contribution in [0.4, 0.5) is 5.82 Å². The maximum atomic E-state index is 6.07. The summed E-state index contributed by atoms with van der Waals surface area (Å²) in [7, 11) is 0. The first-order valence-corrected chi connectivity index (χ1v) is 11.8. The predicted molar refractivity (Wildman–Crippen MR) is 122 cm³/mol. The van der Waals surface area contributed by atoms with Crippen molar-refractivity contribution >= 4 is 50.3 Å². The van der Waals surface area contributed by atoms with Gasteiger partial charge >= 0.3 is 0 Å². The summed E-state index contributed by atoms with van der Waals surface area (Å²) in [5, 5.41) is 9.84. The number of fused-ring (bicyclic) bond motifs is 1. The van der Waals surface area contributed by atoms with Gasteiger partial charge in [0.2, 0.25) is 0 Å². The number of anilines is 1. The van der Waals surface area contributed by atoms with Crippen LogP contribution in [0.2, 0.25) is 5.02 Å². The first-order valence-electron chi connectivity index (χ1n) is 9.60. The summed E-state index contributed by atoms with van der Waals surface area (Å²) in [6, 6.07) is 8.37. The average molecular weight is 442 g/mol.